The quantitative estimate of drug-likeness (QED) is 0.129. The third-order valence-electron chi connectivity index (χ3n) is 5.14. The highest BCUT2D eigenvalue weighted by atomic mass is 127. The van der Waals surface area contributed by atoms with Gasteiger partial charge in [0.1, 0.15) is 24.4 Å². The van der Waals surface area contributed by atoms with Gasteiger partial charge in [-0.1, -0.05) is 32.0 Å². The van der Waals surface area contributed by atoms with E-state index >= 15 is 0 Å². The number of carbonyl (C=O) groups is 1. The number of rotatable bonds is 8. The van der Waals surface area contributed by atoms with Crippen LogP contribution in [0.5, 0.6) is 23.1 Å². The zero-order valence-corrected chi connectivity index (χ0v) is 23.5. The number of alkyl halides is 1. The van der Waals surface area contributed by atoms with Gasteiger partial charge in [-0.2, -0.15) is 0 Å². The average Bonchev–Trinajstić information content (AvgIpc) is 3.38. The minimum absolute atomic E-state index is 0.224. The van der Waals surface area contributed by atoms with Crippen LogP contribution in [0, 0.1) is 0 Å². The summed E-state index contributed by atoms with van der Waals surface area (Å²) in [5.74, 6) is 3.21. The summed E-state index contributed by atoms with van der Waals surface area (Å²) < 4.78 is 23.9. The number of anilines is 2. The van der Waals surface area contributed by atoms with Gasteiger partial charge in [0.25, 0.3) is 0 Å². The molecular formula is C25H25ClIN5O5. The van der Waals surface area contributed by atoms with E-state index in [0.29, 0.717) is 63.8 Å². The van der Waals surface area contributed by atoms with Crippen molar-refractivity contribution in [1.82, 2.24) is 15.1 Å². The van der Waals surface area contributed by atoms with Crippen LogP contribution in [0.1, 0.15) is 26.5 Å². The SMILES string of the molecule is COc1cc2ncnc(Oc3cccc(NC(=O)N(I)c4cc(C(C)(C)C)on4)c3)c2cc1OCCCl. The molecule has 0 unspecified atom stereocenters. The predicted octanol–water partition coefficient (Wildman–Crippen LogP) is 6.72. The monoisotopic (exact) mass is 637 g/mol. The highest BCUT2D eigenvalue weighted by Gasteiger charge is 2.24. The highest BCUT2D eigenvalue weighted by molar-refractivity contribution is 14.1. The van der Waals surface area contributed by atoms with Crippen molar-refractivity contribution in [3.63, 3.8) is 0 Å². The smallest absolute Gasteiger partial charge is 0.336 e. The lowest BCUT2D eigenvalue weighted by Gasteiger charge is -2.14. The van der Waals surface area contributed by atoms with Crippen molar-refractivity contribution < 1.29 is 23.5 Å². The summed E-state index contributed by atoms with van der Waals surface area (Å²) in [6.07, 6.45) is 1.40. The molecule has 0 aliphatic heterocycles. The normalized spacial score (nSPS) is 11.3. The molecule has 2 aromatic carbocycles. The molecule has 2 aromatic heterocycles. The number of benzene rings is 2. The largest absolute Gasteiger partial charge is 0.493 e. The van der Waals surface area contributed by atoms with Gasteiger partial charge in [-0.25, -0.2) is 17.9 Å². The summed E-state index contributed by atoms with van der Waals surface area (Å²) in [5, 5.41) is 7.46. The van der Waals surface area contributed by atoms with Gasteiger partial charge in [0.05, 0.1) is 46.8 Å². The fraction of sp³-hybridized carbons (Fsp3) is 0.280. The predicted molar refractivity (Wildman–Crippen MR) is 150 cm³/mol. The van der Waals surface area contributed by atoms with E-state index in [4.69, 9.17) is 30.3 Å². The molecule has 0 bridgehead atoms. The number of carbonyl (C=O) groups excluding carboxylic acids is 1. The number of fused-ring (bicyclic) bond motifs is 1. The topological polar surface area (TPSA) is 112 Å². The number of ether oxygens (including phenoxy) is 3. The summed E-state index contributed by atoms with van der Waals surface area (Å²) in [6.45, 7) is 6.33. The molecule has 4 rings (SSSR count). The Morgan fingerprint density at radius 1 is 1.16 bits per heavy atom. The summed E-state index contributed by atoms with van der Waals surface area (Å²) in [7, 11) is 1.55. The van der Waals surface area contributed by atoms with Crippen molar-refractivity contribution in [2.75, 3.05) is 28.0 Å². The second-order valence-electron chi connectivity index (χ2n) is 8.88. The van der Waals surface area contributed by atoms with Crippen molar-refractivity contribution >= 4 is 62.9 Å². The number of nitrogens with one attached hydrogen (secondary N) is 1. The number of amides is 2. The number of aromatic nitrogens is 3. The molecule has 37 heavy (non-hydrogen) atoms. The molecule has 0 spiro atoms. The Labute approximate surface area is 232 Å². The van der Waals surface area contributed by atoms with Crippen molar-refractivity contribution in [1.29, 1.82) is 0 Å². The average molecular weight is 638 g/mol. The first-order valence-electron chi connectivity index (χ1n) is 11.2. The lowest BCUT2D eigenvalue weighted by atomic mass is 9.93. The zero-order chi connectivity index (χ0) is 26.6. The van der Waals surface area contributed by atoms with Gasteiger partial charge in [0.2, 0.25) is 5.88 Å². The third kappa shape index (κ3) is 6.34. The standard InChI is InChI=1S/C25H25ClIN5O5/c1-25(2,3)21-13-22(31-37-21)32(27)24(33)30-15-6-5-7-16(10-15)36-23-17-11-20(35-9-8-26)19(34-4)12-18(17)28-14-29-23/h5-7,10-14H,8-9H2,1-4H3,(H,30,33). The first-order chi connectivity index (χ1) is 17.7. The van der Waals surface area contributed by atoms with Gasteiger partial charge in [0, 0.05) is 29.3 Å². The van der Waals surface area contributed by atoms with E-state index in [-0.39, 0.29) is 5.41 Å². The van der Waals surface area contributed by atoms with E-state index < -0.39 is 6.03 Å². The number of hydrogen-bond donors (Lipinski definition) is 1. The van der Waals surface area contributed by atoms with Gasteiger partial charge < -0.3 is 24.1 Å². The molecule has 0 saturated carbocycles. The Morgan fingerprint density at radius 2 is 1.97 bits per heavy atom. The Balaban J connectivity index is 1.53. The third-order valence-corrected chi connectivity index (χ3v) is 6.22. The van der Waals surface area contributed by atoms with Crippen LogP contribution in [-0.2, 0) is 5.41 Å². The van der Waals surface area contributed by atoms with Crippen LogP contribution in [0.15, 0.2) is 53.3 Å². The number of hydrogen-bond acceptors (Lipinski definition) is 8. The van der Waals surface area contributed by atoms with Crippen LogP contribution < -0.4 is 22.6 Å². The minimum Gasteiger partial charge on any atom is -0.493 e. The first-order valence-corrected chi connectivity index (χ1v) is 12.7. The van der Waals surface area contributed by atoms with Crippen molar-refractivity contribution in [2.45, 2.75) is 26.2 Å². The zero-order valence-electron chi connectivity index (χ0n) is 20.6. The fourth-order valence-corrected chi connectivity index (χ4v) is 3.71. The molecule has 2 amide bonds. The maximum Gasteiger partial charge on any atom is 0.336 e. The summed E-state index contributed by atoms with van der Waals surface area (Å²) in [4.78, 5) is 21.4. The molecular weight excluding hydrogens is 613 g/mol. The van der Waals surface area contributed by atoms with Crippen LogP contribution in [0.3, 0.4) is 0 Å². The van der Waals surface area contributed by atoms with E-state index in [0.717, 1.165) is 0 Å². The molecule has 0 radical (unpaired) electrons. The first kappa shape index (κ1) is 26.7. The molecule has 12 heteroatoms. The van der Waals surface area contributed by atoms with Crippen LogP contribution in [0.25, 0.3) is 10.9 Å². The minimum atomic E-state index is -0.396. The maximum atomic E-state index is 12.8. The van der Waals surface area contributed by atoms with E-state index in [9.17, 15) is 4.79 Å². The Bertz CT molecular complexity index is 1410. The van der Waals surface area contributed by atoms with E-state index in [1.165, 1.54) is 9.44 Å². The number of methoxy groups -OCH3 is 1. The van der Waals surface area contributed by atoms with Gasteiger partial charge in [-0.15, -0.1) is 11.6 Å². The van der Waals surface area contributed by atoms with Crippen molar-refractivity contribution in [3.8, 4) is 23.1 Å². The Hall–Kier alpha value is -3.32. The molecule has 194 valence electrons. The lowest BCUT2D eigenvalue weighted by molar-refractivity contribution is 0.260. The molecule has 10 nitrogen and oxygen atoms in total. The van der Waals surface area contributed by atoms with Gasteiger partial charge in [-0.05, 0) is 18.2 Å². The Kier molecular flexibility index (Phi) is 8.22. The summed E-state index contributed by atoms with van der Waals surface area (Å²) in [6, 6.07) is 11.8. The van der Waals surface area contributed by atoms with Gasteiger partial charge >= 0.3 is 6.03 Å². The molecule has 0 atom stereocenters. The molecule has 0 saturated heterocycles. The molecule has 0 fully saturated rings. The van der Waals surface area contributed by atoms with E-state index in [1.807, 2.05) is 43.6 Å². The lowest BCUT2D eigenvalue weighted by Crippen LogP contribution is -2.26. The Morgan fingerprint density at radius 3 is 2.68 bits per heavy atom. The molecule has 2 heterocycles. The molecule has 1 N–H and O–H groups in total. The second-order valence-corrected chi connectivity index (χ2v) is 10.2. The van der Waals surface area contributed by atoms with Crippen LogP contribution in [0.4, 0.5) is 16.3 Å². The number of urea groups is 1. The maximum absolute atomic E-state index is 12.8. The summed E-state index contributed by atoms with van der Waals surface area (Å²) in [5.41, 5.74) is 0.917. The van der Waals surface area contributed by atoms with Crippen LogP contribution in [-0.4, -0.2) is 40.8 Å². The number of halogens is 2. The van der Waals surface area contributed by atoms with Gasteiger partial charge in [-0.3, -0.25) is 0 Å². The van der Waals surface area contributed by atoms with Gasteiger partial charge in [0.15, 0.2) is 17.3 Å². The summed E-state index contributed by atoms with van der Waals surface area (Å²) >= 11 is 7.65. The number of nitrogens with zero attached hydrogens (tertiary/aromatic N) is 4. The van der Waals surface area contributed by atoms with Crippen LogP contribution >= 0.6 is 34.5 Å². The van der Waals surface area contributed by atoms with Crippen LogP contribution in [0.2, 0.25) is 0 Å². The highest BCUT2D eigenvalue weighted by Crippen LogP contribution is 2.36. The second kappa shape index (κ2) is 11.4. The molecule has 0 aliphatic carbocycles. The van der Waals surface area contributed by atoms with Crippen molar-refractivity contribution in [2.24, 2.45) is 0 Å². The fourth-order valence-electron chi connectivity index (χ4n) is 3.28. The van der Waals surface area contributed by atoms with E-state index in [1.54, 1.807) is 49.6 Å². The van der Waals surface area contributed by atoms with E-state index in [2.05, 4.69) is 20.4 Å². The molecule has 0 aliphatic rings. The van der Waals surface area contributed by atoms with Crippen molar-refractivity contribution in [3.05, 3.63) is 54.6 Å². The molecule has 4 aromatic rings.